The number of hydrogen-bond donors (Lipinski definition) is 1. The second-order valence-corrected chi connectivity index (χ2v) is 9.52. The summed E-state index contributed by atoms with van der Waals surface area (Å²) in [7, 11) is 1.46. The molecule has 0 aliphatic heterocycles. The van der Waals surface area contributed by atoms with Crippen LogP contribution in [0.15, 0.2) is 101 Å². The zero-order chi connectivity index (χ0) is 29.2. The SMILES string of the molecule is COc1cc(/C=C(\C#N)C(=O)Nc2ccc(OCc3ccccc3)cc2)c(Br)cc1OCc1cccc([N+](=O)[O-])c1. The van der Waals surface area contributed by atoms with Crippen molar-refractivity contribution in [3.05, 3.63) is 128 Å². The Morgan fingerprint density at radius 1 is 0.951 bits per heavy atom. The van der Waals surface area contributed by atoms with Crippen molar-refractivity contribution in [2.75, 3.05) is 12.4 Å². The summed E-state index contributed by atoms with van der Waals surface area (Å²) < 4.78 is 17.6. The zero-order valence-corrected chi connectivity index (χ0v) is 23.5. The van der Waals surface area contributed by atoms with Gasteiger partial charge in [0, 0.05) is 22.3 Å². The number of methoxy groups -OCH3 is 1. The summed E-state index contributed by atoms with van der Waals surface area (Å²) in [6.07, 6.45) is 1.43. The molecule has 0 saturated heterocycles. The summed E-state index contributed by atoms with van der Waals surface area (Å²) in [4.78, 5) is 23.4. The summed E-state index contributed by atoms with van der Waals surface area (Å²) >= 11 is 3.46. The lowest BCUT2D eigenvalue weighted by atomic mass is 10.1. The number of halogens is 1. The smallest absolute Gasteiger partial charge is 0.269 e. The van der Waals surface area contributed by atoms with Crippen LogP contribution in [0.5, 0.6) is 17.2 Å². The summed E-state index contributed by atoms with van der Waals surface area (Å²) in [6.45, 7) is 0.492. The van der Waals surface area contributed by atoms with E-state index in [1.807, 2.05) is 36.4 Å². The Labute approximate surface area is 244 Å². The molecule has 0 radical (unpaired) electrons. The van der Waals surface area contributed by atoms with Crippen molar-refractivity contribution in [3.8, 4) is 23.3 Å². The molecule has 0 aromatic heterocycles. The van der Waals surface area contributed by atoms with Crippen LogP contribution in [0.3, 0.4) is 0 Å². The highest BCUT2D eigenvalue weighted by Crippen LogP contribution is 2.35. The number of benzene rings is 4. The van der Waals surface area contributed by atoms with Crippen LogP contribution in [0.4, 0.5) is 11.4 Å². The number of ether oxygens (including phenoxy) is 3. The van der Waals surface area contributed by atoms with Gasteiger partial charge in [0.25, 0.3) is 11.6 Å². The molecule has 4 aromatic carbocycles. The molecule has 4 rings (SSSR count). The van der Waals surface area contributed by atoms with Gasteiger partial charge in [-0.2, -0.15) is 5.26 Å². The molecule has 0 aliphatic rings. The van der Waals surface area contributed by atoms with Gasteiger partial charge in [-0.15, -0.1) is 0 Å². The van der Waals surface area contributed by atoms with Crippen LogP contribution in [-0.2, 0) is 18.0 Å². The molecule has 206 valence electrons. The molecule has 0 atom stereocenters. The van der Waals surface area contributed by atoms with Gasteiger partial charge in [-0.1, -0.05) is 58.4 Å². The highest BCUT2D eigenvalue weighted by atomic mass is 79.9. The lowest BCUT2D eigenvalue weighted by molar-refractivity contribution is -0.384. The maximum atomic E-state index is 12.9. The molecule has 0 unspecified atom stereocenters. The van der Waals surface area contributed by atoms with Crippen molar-refractivity contribution in [2.45, 2.75) is 13.2 Å². The van der Waals surface area contributed by atoms with E-state index in [9.17, 15) is 20.2 Å². The van der Waals surface area contributed by atoms with Crippen molar-refractivity contribution in [2.24, 2.45) is 0 Å². The molecule has 0 fully saturated rings. The van der Waals surface area contributed by atoms with Gasteiger partial charge in [0.2, 0.25) is 0 Å². The van der Waals surface area contributed by atoms with Crippen molar-refractivity contribution in [3.63, 3.8) is 0 Å². The molecular weight excluding hydrogens is 590 g/mol. The number of amides is 1. The molecule has 1 N–H and O–H groups in total. The second-order valence-electron chi connectivity index (χ2n) is 8.66. The van der Waals surface area contributed by atoms with E-state index in [2.05, 4.69) is 21.2 Å². The summed E-state index contributed by atoms with van der Waals surface area (Å²) in [5, 5.41) is 23.4. The fourth-order valence-corrected chi connectivity index (χ4v) is 4.17. The van der Waals surface area contributed by atoms with E-state index < -0.39 is 10.8 Å². The third kappa shape index (κ3) is 7.94. The topological polar surface area (TPSA) is 124 Å². The highest BCUT2D eigenvalue weighted by molar-refractivity contribution is 9.10. The maximum absolute atomic E-state index is 12.9. The number of non-ortho nitro benzene ring substituents is 1. The number of nitrogens with one attached hydrogen (secondary N) is 1. The highest BCUT2D eigenvalue weighted by Gasteiger charge is 2.15. The van der Waals surface area contributed by atoms with Gasteiger partial charge < -0.3 is 19.5 Å². The number of rotatable bonds is 11. The molecule has 10 heteroatoms. The third-order valence-corrected chi connectivity index (χ3v) is 6.51. The Balaban J connectivity index is 1.43. The molecule has 0 heterocycles. The van der Waals surface area contributed by atoms with E-state index in [0.717, 1.165) is 5.56 Å². The van der Waals surface area contributed by atoms with Gasteiger partial charge in [0.15, 0.2) is 11.5 Å². The Bertz CT molecular complexity index is 1620. The van der Waals surface area contributed by atoms with Gasteiger partial charge in [-0.25, -0.2) is 0 Å². The standard InChI is InChI=1S/C31H24BrN3O6/c1-39-29-16-23(28(32)17-30(29)41-20-22-8-5-9-26(14-22)35(37)38)15-24(18-33)31(36)34-25-10-12-27(13-11-25)40-19-21-6-3-2-4-7-21/h2-17H,19-20H2,1H3,(H,34,36)/b24-15+. The minimum atomic E-state index is -0.581. The first-order valence-corrected chi connectivity index (χ1v) is 13.1. The van der Waals surface area contributed by atoms with Crippen molar-refractivity contribution < 1.29 is 23.9 Å². The van der Waals surface area contributed by atoms with Gasteiger partial charge in [0.1, 0.15) is 30.6 Å². The maximum Gasteiger partial charge on any atom is 0.269 e. The molecule has 0 spiro atoms. The van der Waals surface area contributed by atoms with Gasteiger partial charge >= 0.3 is 0 Å². The summed E-state index contributed by atoms with van der Waals surface area (Å²) in [5.74, 6) is 0.795. The van der Waals surface area contributed by atoms with E-state index in [-0.39, 0.29) is 17.9 Å². The number of hydrogen-bond acceptors (Lipinski definition) is 7. The number of nitro benzene ring substituents is 1. The van der Waals surface area contributed by atoms with Crippen LogP contribution in [-0.4, -0.2) is 17.9 Å². The fourth-order valence-electron chi connectivity index (χ4n) is 3.73. The molecule has 4 aromatic rings. The van der Waals surface area contributed by atoms with Gasteiger partial charge in [0.05, 0.1) is 12.0 Å². The Morgan fingerprint density at radius 3 is 2.34 bits per heavy atom. The minimum Gasteiger partial charge on any atom is -0.493 e. The second kappa shape index (κ2) is 13.8. The summed E-state index contributed by atoms with van der Waals surface area (Å²) in [5.41, 5.74) is 2.52. The zero-order valence-electron chi connectivity index (χ0n) is 21.9. The number of carbonyl (C=O) groups is 1. The number of nitrogens with zero attached hydrogens (tertiary/aromatic N) is 2. The average Bonchev–Trinajstić information content (AvgIpc) is 2.99. The monoisotopic (exact) mass is 613 g/mol. The minimum absolute atomic E-state index is 0.0330. The van der Waals surface area contributed by atoms with Crippen LogP contribution in [0.2, 0.25) is 0 Å². The van der Waals surface area contributed by atoms with Gasteiger partial charge in [-0.3, -0.25) is 14.9 Å². The van der Waals surface area contributed by atoms with Crippen molar-refractivity contribution in [1.82, 2.24) is 0 Å². The molecule has 41 heavy (non-hydrogen) atoms. The third-order valence-electron chi connectivity index (χ3n) is 5.82. The number of nitriles is 1. The predicted octanol–water partition coefficient (Wildman–Crippen LogP) is 7.07. The Hall–Kier alpha value is -5.14. The van der Waals surface area contributed by atoms with E-state index in [0.29, 0.717) is 45.1 Å². The van der Waals surface area contributed by atoms with Crippen molar-refractivity contribution in [1.29, 1.82) is 5.26 Å². The Morgan fingerprint density at radius 2 is 1.66 bits per heavy atom. The predicted molar refractivity (Wildman–Crippen MR) is 158 cm³/mol. The van der Waals surface area contributed by atoms with Crippen molar-refractivity contribution >= 4 is 39.3 Å². The lowest BCUT2D eigenvalue weighted by Gasteiger charge is -2.13. The average molecular weight is 614 g/mol. The van der Waals surface area contributed by atoms with Crippen LogP contribution in [0, 0.1) is 21.4 Å². The molecular formula is C31H24BrN3O6. The van der Waals surface area contributed by atoms with E-state index in [1.165, 1.54) is 25.3 Å². The van der Waals surface area contributed by atoms with E-state index in [4.69, 9.17) is 14.2 Å². The van der Waals surface area contributed by atoms with E-state index in [1.54, 1.807) is 48.5 Å². The van der Waals surface area contributed by atoms with E-state index >= 15 is 0 Å². The van der Waals surface area contributed by atoms with Crippen LogP contribution in [0.1, 0.15) is 16.7 Å². The molecule has 0 bridgehead atoms. The first-order valence-electron chi connectivity index (χ1n) is 12.3. The number of nitro groups is 1. The summed E-state index contributed by atoms with van der Waals surface area (Å²) in [6, 6.07) is 28.0. The largest absolute Gasteiger partial charge is 0.493 e. The molecule has 9 nitrogen and oxygen atoms in total. The van der Waals surface area contributed by atoms with Crippen LogP contribution < -0.4 is 19.5 Å². The number of carbonyl (C=O) groups excluding carboxylic acids is 1. The Kier molecular flexibility index (Phi) is 9.70. The molecule has 1 amide bonds. The van der Waals surface area contributed by atoms with Gasteiger partial charge in [-0.05, 0) is 59.2 Å². The molecule has 0 saturated carbocycles. The lowest BCUT2D eigenvalue weighted by Crippen LogP contribution is -2.13. The first kappa shape index (κ1) is 28.9. The van der Waals surface area contributed by atoms with Crippen LogP contribution in [0.25, 0.3) is 6.08 Å². The van der Waals surface area contributed by atoms with Crippen LogP contribution >= 0.6 is 15.9 Å². The molecule has 0 aliphatic carbocycles. The normalized spacial score (nSPS) is 10.8. The quantitative estimate of drug-likeness (QED) is 0.0830. The number of anilines is 1. The fraction of sp³-hybridized carbons (Fsp3) is 0.0968. The first-order chi connectivity index (χ1) is 19.9.